The van der Waals surface area contributed by atoms with Crippen LogP contribution in [0.5, 0.6) is 0 Å². The van der Waals surface area contributed by atoms with Crippen LogP contribution in [0.3, 0.4) is 0 Å². The van der Waals surface area contributed by atoms with E-state index < -0.39 is 17.9 Å². The molecule has 0 aromatic carbocycles. The Balaban J connectivity index is 2.49. The van der Waals surface area contributed by atoms with Crippen molar-refractivity contribution in [2.75, 3.05) is 13.6 Å². The van der Waals surface area contributed by atoms with Crippen LogP contribution >= 0.6 is 0 Å². The van der Waals surface area contributed by atoms with Crippen LogP contribution in [0.25, 0.3) is 0 Å². The van der Waals surface area contributed by atoms with Gasteiger partial charge in [0.25, 0.3) is 0 Å². The van der Waals surface area contributed by atoms with Gasteiger partial charge in [0.15, 0.2) is 0 Å². The van der Waals surface area contributed by atoms with Gasteiger partial charge in [0.1, 0.15) is 0 Å². The molecule has 0 bridgehead atoms. The molecule has 0 saturated carbocycles. The summed E-state index contributed by atoms with van der Waals surface area (Å²) in [5.74, 6) is -3.05. The molecule has 1 aromatic rings. The van der Waals surface area contributed by atoms with Crippen LogP contribution < -0.4 is 0 Å². The van der Waals surface area contributed by atoms with Crippen LogP contribution in [-0.4, -0.2) is 45.6 Å². The summed E-state index contributed by atoms with van der Waals surface area (Å²) >= 11 is 0. The van der Waals surface area contributed by atoms with E-state index in [1.165, 1.54) is 0 Å². The lowest BCUT2D eigenvalue weighted by atomic mass is 10.1. The predicted molar refractivity (Wildman–Crippen MR) is 60.5 cm³/mol. The van der Waals surface area contributed by atoms with Crippen molar-refractivity contribution in [1.82, 2.24) is 9.88 Å². The average Bonchev–Trinajstić information content (AvgIpc) is 2.68. The minimum Gasteiger partial charge on any atom is -0.481 e. The highest BCUT2D eigenvalue weighted by molar-refractivity contribution is 5.77. The maximum Gasteiger partial charge on any atom is 0.308 e. The first kappa shape index (κ1) is 13.2. The smallest absolute Gasteiger partial charge is 0.308 e. The highest BCUT2D eigenvalue weighted by atomic mass is 16.4. The monoisotopic (exact) mass is 240 g/mol. The zero-order chi connectivity index (χ0) is 12.8. The first-order valence-corrected chi connectivity index (χ1v) is 5.24. The molecule has 6 nitrogen and oxygen atoms in total. The Morgan fingerprint density at radius 3 is 2.65 bits per heavy atom. The fourth-order valence-electron chi connectivity index (χ4n) is 1.64. The molecule has 1 atom stereocenters. The highest BCUT2D eigenvalue weighted by Gasteiger charge is 2.22. The van der Waals surface area contributed by atoms with Gasteiger partial charge < -0.3 is 15.2 Å². The number of carbonyl (C=O) groups is 2. The lowest BCUT2D eigenvalue weighted by Gasteiger charge is -2.19. The van der Waals surface area contributed by atoms with Gasteiger partial charge in [-0.2, -0.15) is 0 Å². The molecule has 0 radical (unpaired) electrons. The summed E-state index contributed by atoms with van der Waals surface area (Å²) in [6, 6.07) is 3.75. The van der Waals surface area contributed by atoms with Crippen LogP contribution in [-0.2, 0) is 16.1 Å². The first-order valence-electron chi connectivity index (χ1n) is 5.24. The Labute approximate surface area is 98.9 Å². The molecular formula is C11H16N2O4. The third-order valence-electron chi connectivity index (χ3n) is 2.40. The van der Waals surface area contributed by atoms with E-state index in [0.717, 1.165) is 5.69 Å². The molecule has 1 heterocycles. The standard InChI is InChI=1S/C11H16N2O4/c1-13(7-9-3-2-4-12-9)6-8(11(16)17)5-10(14)15/h2-4,8,12H,5-7H2,1H3,(H,14,15)(H,16,17). The van der Waals surface area contributed by atoms with E-state index in [4.69, 9.17) is 10.2 Å². The Morgan fingerprint density at radius 2 is 2.18 bits per heavy atom. The first-order chi connectivity index (χ1) is 7.99. The summed E-state index contributed by atoms with van der Waals surface area (Å²) in [6.45, 7) is 0.775. The third-order valence-corrected chi connectivity index (χ3v) is 2.40. The molecule has 0 fully saturated rings. The Bertz CT molecular complexity index is 375. The molecule has 6 heteroatoms. The van der Waals surface area contributed by atoms with Crippen molar-refractivity contribution in [3.8, 4) is 0 Å². The van der Waals surface area contributed by atoms with Crippen LogP contribution in [0, 0.1) is 5.92 Å². The van der Waals surface area contributed by atoms with Crippen molar-refractivity contribution >= 4 is 11.9 Å². The molecule has 0 aliphatic heterocycles. The summed E-state index contributed by atoms with van der Waals surface area (Å²) in [5.41, 5.74) is 0.965. The highest BCUT2D eigenvalue weighted by Crippen LogP contribution is 2.08. The summed E-state index contributed by atoms with van der Waals surface area (Å²) in [7, 11) is 1.76. The van der Waals surface area contributed by atoms with Gasteiger partial charge in [-0.3, -0.25) is 14.5 Å². The van der Waals surface area contributed by atoms with Crippen LogP contribution in [0.1, 0.15) is 12.1 Å². The number of aromatic amines is 1. The number of nitrogens with zero attached hydrogens (tertiary/aromatic N) is 1. The number of carboxylic acids is 2. The van der Waals surface area contributed by atoms with Crippen LogP contribution in [0.2, 0.25) is 0 Å². The largest absolute Gasteiger partial charge is 0.481 e. The molecule has 1 aromatic heterocycles. The van der Waals surface area contributed by atoms with Gasteiger partial charge in [-0.1, -0.05) is 0 Å². The Hall–Kier alpha value is -1.82. The maximum absolute atomic E-state index is 10.9. The number of hydrogen-bond donors (Lipinski definition) is 3. The predicted octanol–water partition coefficient (Wildman–Crippen LogP) is 0.622. The van der Waals surface area contributed by atoms with Crippen molar-refractivity contribution in [2.45, 2.75) is 13.0 Å². The summed E-state index contributed by atoms with van der Waals surface area (Å²) in [4.78, 5) is 26.2. The molecule has 3 N–H and O–H groups in total. The van der Waals surface area contributed by atoms with Crippen molar-refractivity contribution in [3.63, 3.8) is 0 Å². The summed E-state index contributed by atoms with van der Waals surface area (Å²) in [5, 5.41) is 17.5. The molecule has 1 rings (SSSR count). The quantitative estimate of drug-likeness (QED) is 0.649. The minimum absolute atomic E-state index is 0.209. The number of aromatic nitrogens is 1. The number of nitrogens with one attached hydrogen (secondary N) is 1. The van der Waals surface area contributed by atoms with E-state index in [0.29, 0.717) is 6.54 Å². The van der Waals surface area contributed by atoms with Crippen molar-refractivity contribution in [1.29, 1.82) is 0 Å². The fraction of sp³-hybridized carbons (Fsp3) is 0.455. The van der Waals surface area contributed by atoms with Gasteiger partial charge in [-0.25, -0.2) is 0 Å². The molecule has 0 aliphatic carbocycles. The van der Waals surface area contributed by atoms with Crippen LogP contribution in [0.4, 0.5) is 0 Å². The van der Waals surface area contributed by atoms with Gasteiger partial charge in [0.05, 0.1) is 12.3 Å². The summed E-state index contributed by atoms with van der Waals surface area (Å²) in [6.07, 6.45) is 1.43. The molecule has 94 valence electrons. The number of H-pyrrole nitrogens is 1. The lowest BCUT2D eigenvalue weighted by molar-refractivity contribution is -0.148. The Kier molecular flexibility index (Phi) is 4.71. The molecule has 0 amide bonds. The second-order valence-electron chi connectivity index (χ2n) is 4.03. The van der Waals surface area contributed by atoms with Crippen LogP contribution in [0.15, 0.2) is 18.3 Å². The zero-order valence-corrected chi connectivity index (χ0v) is 9.59. The third kappa shape index (κ3) is 4.69. The van der Waals surface area contributed by atoms with Crippen molar-refractivity contribution in [3.05, 3.63) is 24.0 Å². The normalized spacial score (nSPS) is 12.6. The van der Waals surface area contributed by atoms with E-state index in [2.05, 4.69) is 4.98 Å². The van der Waals surface area contributed by atoms with Crippen molar-refractivity contribution < 1.29 is 19.8 Å². The van der Waals surface area contributed by atoms with E-state index in [1.807, 2.05) is 12.1 Å². The van der Waals surface area contributed by atoms with E-state index in [-0.39, 0.29) is 13.0 Å². The minimum atomic E-state index is -1.09. The molecule has 0 spiro atoms. The zero-order valence-electron chi connectivity index (χ0n) is 9.59. The van der Waals surface area contributed by atoms with Crippen molar-refractivity contribution in [2.24, 2.45) is 5.92 Å². The SMILES string of the molecule is CN(Cc1ccc[nH]1)CC(CC(=O)O)C(=O)O. The molecule has 17 heavy (non-hydrogen) atoms. The van der Waals surface area contributed by atoms with Gasteiger partial charge >= 0.3 is 11.9 Å². The van der Waals surface area contributed by atoms with Gasteiger partial charge in [-0.05, 0) is 19.2 Å². The molecule has 0 saturated heterocycles. The topological polar surface area (TPSA) is 93.6 Å². The van der Waals surface area contributed by atoms with Gasteiger partial charge in [-0.15, -0.1) is 0 Å². The maximum atomic E-state index is 10.9. The lowest BCUT2D eigenvalue weighted by Crippen LogP contribution is -2.31. The van der Waals surface area contributed by atoms with E-state index in [1.54, 1.807) is 18.1 Å². The number of hydrogen-bond acceptors (Lipinski definition) is 3. The number of carboxylic acid groups (broad SMARTS) is 2. The number of aliphatic carboxylic acids is 2. The molecule has 0 aliphatic rings. The second-order valence-corrected chi connectivity index (χ2v) is 4.03. The molecular weight excluding hydrogens is 224 g/mol. The van der Waals surface area contributed by atoms with E-state index in [9.17, 15) is 9.59 Å². The second kappa shape index (κ2) is 6.05. The van der Waals surface area contributed by atoms with Gasteiger partial charge in [0, 0.05) is 25.0 Å². The number of rotatable bonds is 7. The van der Waals surface area contributed by atoms with Gasteiger partial charge in [0.2, 0.25) is 0 Å². The average molecular weight is 240 g/mol. The Morgan fingerprint density at radius 1 is 1.47 bits per heavy atom. The summed E-state index contributed by atoms with van der Waals surface area (Å²) < 4.78 is 0. The fourth-order valence-corrected chi connectivity index (χ4v) is 1.64. The van der Waals surface area contributed by atoms with E-state index >= 15 is 0 Å². The molecule has 1 unspecified atom stereocenters.